The van der Waals surface area contributed by atoms with Crippen molar-refractivity contribution in [1.29, 1.82) is 0 Å². The lowest BCUT2D eigenvalue weighted by Crippen LogP contribution is -2.50. The molecule has 0 unspecified atom stereocenters. The van der Waals surface area contributed by atoms with Gasteiger partial charge in [0.2, 0.25) is 5.91 Å². The summed E-state index contributed by atoms with van der Waals surface area (Å²) in [6.07, 6.45) is 3.29. The summed E-state index contributed by atoms with van der Waals surface area (Å²) < 4.78 is 0. The highest BCUT2D eigenvalue weighted by Crippen LogP contribution is 2.20. The van der Waals surface area contributed by atoms with Crippen molar-refractivity contribution in [2.45, 2.75) is 51.1 Å². The molecule has 0 aromatic heterocycles. The van der Waals surface area contributed by atoms with E-state index < -0.39 is 5.54 Å². The highest BCUT2D eigenvalue weighted by molar-refractivity contribution is 5.99. The highest BCUT2D eigenvalue weighted by Gasteiger charge is 2.29. The van der Waals surface area contributed by atoms with Gasteiger partial charge in [-0.15, -0.1) is 0 Å². The summed E-state index contributed by atoms with van der Waals surface area (Å²) in [5, 5.41) is 5.73. The summed E-state index contributed by atoms with van der Waals surface area (Å²) >= 11 is 0. The van der Waals surface area contributed by atoms with Crippen LogP contribution in [0.5, 0.6) is 0 Å². The number of hydrogen-bond acceptors (Lipinski definition) is 3. The number of nitrogens with one attached hydrogen (secondary N) is 2. The van der Waals surface area contributed by atoms with E-state index in [1.807, 2.05) is 13.8 Å². The smallest absolute Gasteiger partial charge is 0.251 e. The van der Waals surface area contributed by atoms with E-state index in [-0.39, 0.29) is 11.8 Å². The van der Waals surface area contributed by atoms with E-state index in [1.54, 1.807) is 24.3 Å². The topological polar surface area (TPSA) is 84.2 Å². The van der Waals surface area contributed by atoms with Crippen LogP contribution >= 0.6 is 0 Å². The van der Waals surface area contributed by atoms with Gasteiger partial charge in [-0.25, -0.2) is 0 Å². The van der Waals surface area contributed by atoms with E-state index in [4.69, 9.17) is 5.73 Å². The molecule has 0 spiro atoms. The van der Waals surface area contributed by atoms with Crippen LogP contribution in [0.25, 0.3) is 0 Å². The average molecular weight is 289 g/mol. The number of amides is 2. The predicted octanol–water partition coefficient (Wildman–Crippen LogP) is 2.03. The van der Waals surface area contributed by atoms with Crippen molar-refractivity contribution in [1.82, 2.24) is 5.32 Å². The van der Waals surface area contributed by atoms with E-state index >= 15 is 0 Å². The molecule has 0 bridgehead atoms. The molecule has 114 valence electrons. The number of anilines is 1. The molecule has 1 saturated carbocycles. The molecule has 0 aliphatic heterocycles. The molecule has 2 rings (SSSR count). The van der Waals surface area contributed by atoms with Crippen LogP contribution < -0.4 is 16.4 Å². The lowest BCUT2D eigenvalue weighted by molar-refractivity contribution is -0.121. The summed E-state index contributed by atoms with van der Waals surface area (Å²) in [5.41, 5.74) is 6.46. The maximum atomic E-state index is 12.2. The van der Waals surface area contributed by atoms with Crippen LogP contribution in [0.3, 0.4) is 0 Å². The second-order valence-electron chi connectivity index (χ2n) is 5.64. The zero-order valence-electron chi connectivity index (χ0n) is 12.6. The minimum atomic E-state index is -0.845. The SMILES string of the molecule is CCC(N)(CC)C(=O)Nc1ccc(C(=O)NC2CC2)cc1. The summed E-state index contributed by atoms with van der Waals surface area (Å²) in [4.78, 5) is 24.0. The Morgan fingerprint density at radius 2 is 1.76 bits per heavy atom. The molecule has 1 aromatic carbocycles. The minimum Gasteiger partial charge on any atom is -0.349 e. The van der Waals surface area contributed by atoms with E-state index in [2.05, 4.69) is 10.6 Å². The maximum Gasteiger partial charge on any atom is 0.251 e. The van der Waals surface area contributed by atoms with Gasteiger partial charge in [0.25, 0.3) is 5.91 Å². The maximum absolute atomic E-state index is 12.2. The number of nitrogens with two attached hydrogens (primary N) is 1. The van der Waals surface area contributed by atoms with E-state index in [9.17, 15) is 9.59 Å². The zero-order valence-corrected chi connectivity index (χ0v) is 12.6. The predicted molar refractivity (Wildman–Crippen MR) is 83.1 cm³/mol. The molecule has 1 fully saturated rings. The van der Waals surface area contributed by atoms with Gasteiger partial charge in [-0.2, -0.15) is 0 Å². The quantitative estimate of drug-likeness (QED) is 0.749. The van der Waals surface area contributed by atoms with E-state index in [0.29, 0.717) is 30.1 Å². The Morgan fingerprint density at radius 1 is 1.19 bits per heavy atom. The van der Waals surface area contributed by atoms with E-state index in [1.165, 1.54) is 0 Å². The molecule has 1 aliphatic carbocycles. The van der Waals surface area contributed by atoms with E-state index in [0.717, 1.165) is 12.8 Å². The Morgan fingerprint density at radius 3 is 2.24 bits per heavy atom. The van der Waals surface area contributed by atoms with Crippen molar-refractivity contribution in [2.75, 3.05) is 5.32 Å². The van der Waals surface area contributed by atoms with Gasteiger partial charge in [-0.3, -0.25) is 9.59 Å². The molecule has 5 nitrogen and oxygen atoms in total. The van der Waals surface area contributed by atoms with Crippen LogP contribution in [-0.2, 0) is 4.79 Å². The van der Waals surface area contributed by atoms with Crippen molar-refractivity contribution < 1.29 is 9.59 Å². The highest BCUT2D eigenvalue weighted by atomic mass is 16.2. The molecule has 1 aliphatic rings. The van der Waals surface area contributed by atoms with Crippen molar-refractivity contribution in [3.63, 3.8) is 0 Å². The Hall–Kier alpha value is -1.88. The van der Waals surface area contributed by atoms with Crippen LogP contribution in [0.2, 0.25) is 0 Å². The first kappa shape index (κ1) is 15.5. The van der Waals surface area contributed by atoms with Crippen molar-refractivity contribution in [3.05, 3.63) is 29.8 Å². The summed E-state index contributed by atoms with van der Waals surface area (Å²) in [6.45, 7) is 3.79. The third kappa shape index (κ3) is 3.82. The molecule has 1 aromatic rings. The monoisotopic (exact) mass is 289 g/mol. The Kier molecular flexibility index (Phi) is 4.63. The Labute approximate surface area is 125 Å². The van der Waals surface area contributed by atoms with Gasteiger partial charge in [-0.05, 0) is 49.9 Å². The molecule has 4 N–H and O–H groups in total. The fourth-order valence-corrected chi connectivity index (χ4v) is 2.03. The molecular formula is C16H23N3O2. The second kappa shape index (κ2) is 6.26. The molecule has 0 radical (unpaired) electrons. The second-order valence-corrected chi connectivity index (χ2v) is 5.64. The molecule has 2 amide bonds. The number of carbonyl (C=O) groups is 2. The lowest BCUT2D eigenvalue weighted by Gasteiger charge is -2.25. The number of carbonyl (C=O) groups excluding carboxylic acids is 2. The zero-order chi connectivity index (χ0) is 15.5. The first-order valence-corrected chi connectivity index (χ1v) is 7.49. The van der Waals surface area contributed by atoms with Gasteiger partial charge in [0.1, 0.15) is 0 Å². The largest absolute Gasteiger partial charge is 0.349 e. The van der Waals surface area contributed by atoms with Gasteiger partial charge in [0.15, 0.2) is 0 Å². The van der Waals surface area contributed by atoms with Gasteiger partial charge in [-0.1, -0.05) is 13.8 Å². The van der Waals surface area contributed by atoms with Crippen LogP contribution in [0.4, 0.5) is 5.69 Å². The average Bonchev–Trinajstić information content (AvgIpc) is 3.30. The fraction of sp³-hybridized carbons (Fsp3) is 0.500. The fourth-order valence-electron chi connectivity index (χ4n) is 2.03. The molecule has 0 atom stereocenters. The first-order chi connectivity index (χ1) is 9.98. The number of rotatable bonds is 6. The summed E-state index contributed by atoms with van der Waals surface area (Å²) in [7, 11) is 0. The van der Waals surface area contributed by atoms with Crippen molar-refractivity contribution in [2.24, 2.45) is 5.73 Å². The molecule has 21 heavy (non-hydrogen) atoms. The molecular weight excluding hydrogens is 266 g/mol. The van der Waals surface area contributed by atoms with Crippen LogP contribution in [-0.4, -0.2) is 23.4 Å². The number of hydrogen-bond donors (Lipinski definition) is 3. The third-order valence-corrected chi connectivity index (χ3v) is 4.03. The Balaban J connectivity index is 1.98. The van der Waals surface area contributed by atoms with Crippen LogP contribution in [0.1, 0.15) is 49.9 Å². The third-order valence-electron chi connectivity index (χ3n) is 4.03. The molecule has 0 saturated heterocycles. The number of benzene rings is 1. The Bertz CT molecular complexity index is 517. The van der Waals surface area contributed by atoms with Gasteiger partial charge >= 0.3 is 0 Å². The summed E-state index contributed by atoms with van der Waals surface area (Å²) in [5.74, 6) is -0.256. The van der Waals surface area contributed by atoms with Gasteiger partial charge in [0.05, 0.1) is 5.54 Å². The van der Waals surface area contributed by atoms with Gasteiger partial charge < -0.3 is 16.4 Å². The normalized spacial score (nSPS) is 14.6. The van der Waals surface area contributed by atoms with Crippen LogP contribution in [0, 0.1) is 0 Å². The molecule has 5 heteroatoms. The lowest BCUT2D eigenvalue weighted by atomic mass is 9.93. The van der Waals surface area contributed by atoms with Crippen LogP contribution in [0.15, 0.2) is 24.3 Å². The molecule has 0 heterocycles. The standard InChI is InChI=1S/C16H23N3O2/c1-3-16(17,4-2)15(21)19-13-7-5-11(6-8-13)14(20)18-12-9-10-12/h5-8,12H,3-4,9-10,17H2,1-2H3,(H,18,20)(H,19,21). The van der Waals surface area contributed by atoms with Crippen molar-refractivity contribution in [3.8, 4) is 0 Å². The van der Waals surface area contributed by atoms with Gasteiger partial charge in [0, 0.05) is 17.3 Å². The summed E-state index contributed by atoms with van der Waals surface area (Å²) in [6, 6.07) is 7.22. The minimum absolute atomic E-state index is 0.0642. The van der Waals surface area contributed by atoms with Crippen molar-refractivity contribution >= 4 is 17.5 Å². The first-order valence-electron chi connectivity index (χ1n) is 7.49.